The van der Waals surface area contributed by atoms with Gasteiger partial charge < -0.3 is 36.6 Å². The fourth-order valence-corrected chi connectivity index (χ4v) is 4.28. The Balaban J connectivity index is 1.53. The molecule has 0 fully saturated rings. The molecule has 0 aromatic heterocycles. The molecule has 45 heavy (non-hydrogen) atoms. The van der Waals surface area contributed by atoms with Gasteiger partial charge in [0.1, 0.15) is 12.6 Å². The molecule has 13 nitrogen and oxygen atoms in total. The van der Waals surface area contributed by atoms with Gasteiger partial charge in [-0.1, -0.05) is 18.2 Å². The third kappa shape index (κ3) is 15.8. The topological polar surface area (TPSA) is 193 Å². The Hall–Kier alpha value is -4.30. The quantitative estimate of drug-likeness (QED) is 0.0297. The molecule has 0 aliphatic rings. The zero-order valence-corrected chi connectivity index (χ0v) is 26.1. The van der Waals surface area contributed by atoms with Gasteiger partial charge in [-0.3, -0.25) is 25.7 Å². The van der Waals surface area contributed by atoms with E-state index in [1.54, 1.807) is 30.3 Å². The van der Waals surface area contributed by atoms with Crippen molar-refractivity contribution < 1.29 is 23.9 Å². The number of hydrazine groups is 2. The van der Waals surface area contributed by atoms with Crippen LogP contribution in [-0.4, -0.2) is 69.3 Å². The number of nitrogens with two attached hydrogens (primary N) is 2. The average molecular weight is 625 g/mol. The van der Waals surface area contributed by atoms with Gasteiger partial charge in [0.2, 0.25) is 11.8 Å². The van der Waals surface area contributed by atoms with Gasteiger partial charge in [0.15, 0.2) is 0 Å². The molecule has 0 atom stereocenters. The Bertz CT molecular complexity index is 1220. The maximum atomic E-state index is 12.3. The highest BCUT2D eigenvalue weighted by atomic mass is 16.5. The third-order valence-electron chi connectivity index (χ3n) is 6.67. The Labute approximate surface area is 265 Å². The van der Waals surface area contributed by atoms with Gasteiger partial charge in [-0.15, -0.1) is 0 Å². The number of amides is 2. The molecule has 0 bridgehead atoms. The molecule has 2 amide bonds. The average Bonchev–Trinajstić information content (AvgIpc) is 3.02. The third-order valence-corrected chi connectivity index (χ3v) is 6.67. The molecule has 2 rings (SSSR count). The number of carbonyl (C=O) groups excluding carboxylic acids is 4. The number of hydrogen-bond acceptors (Lipinski definition) is 11. The van der Waals surface area contributed by atoms with Crippen LogP contribution in [0.4, 0.5) is 11.4 Å². The molecule has 2 aromatic carbocycles. The van der Waals surface area contributed by atoms with Crippen molar-refractivity contribution in [2.75, 3.05) is 50.9 Å². The summed E-state index contributed by atoms with van der Waals surface area (Å²) < 4.78 is 5.71. The summed E-state index contributed by atoms with van der Waals surface area (Å²) in [5.41, 5.74) is 15.2. The highest BCUT2D eigenvalue weighted by Crippen LogP contribution is 2.16. The maximum Gasteiger partial charge on any atom is 0.238 e. The summed E-state index contributed by atoms with van der Waals surface area (Å²) in [6.07, 6.45) is 8.10. The Kier molecular flexibility index (Phi) is 18.2. The summed E-state index contributed by atoms with van der Waals surface area (Å²) in [4.78, 5) is 46.3. The van der Waals surface area contributed by atoms with Crippen LogP contribution in [0.2, 0.25) is 0 Å². The van der Waals surface area contributed by atoms with E-state index >= 15 is 0 Å². The first kappa shape index (κ1) is 36.9. The fraction of sp³-hybridized carbons (Fsp3) is 0.438. The number of rotatable bonds is 24. The summed E-state index contributed by atoms with van der Waals surface area (Å²) >= 11 is 0. The van der Waals surface area contributed by atoms with Crippen LogP contribution >= 0.6 is 0 Å². The maximum absolute atomic E-state index is 12.3. The number of anilines is 2. The first-order chi connectivity index (χ1) is 21.9. The van der Waals surface area contributed by atoms with E-state index in [2.05, 4.69) is 26.8 Å². The van der Waals surface area contributed by atoms with Crippen molar-refractivity contribution in [1.82, 2.24) is 26.5 Å². The van der Waals surface area contributed by atoms with Crippen molar-refractivity contribution in [3.63, 3.8) is 0 Å². The van der Waals surface area contributed by atoms with E-state index in [1.165, 1.54) is 0 Å². The van der Waals surface area contributed by atoms with Crippen molar-refractivity contribution in [1.29, 1.82) is 0 Å². The van der Waals surface area contributed by atoms with Gasteiger partial charge in [0, 0.05) is 74.9 Å². The lowest BCUT2D eigenvalue weighted by Crippen LogP contribution is -2.38. The van der Waals surface area contributed by atoms with E-state index in [9.17, 15) is 19.2 Å². The molecule has 0 unspecified atom stereocenters. The summed E-state index contributed by atoms with van der Waals surface area (Å²) in [6.45, 7) is 3.30. The lowest BCUT2D eigenvalue weighted by molar-refractivity contribution is -0.125. The van der Waals surface area contributed by atoms with E-state index < -0.39 is 0 Å². The van der Waals surface area contributed by atoms with Crippen molar-refractivity contribution in [3.05, 3.63) is 65.4 Å². The van der Waals surface area contributed by atoms with Crippen LogP contribution < -0.4 is 38.4 Å². The first-order valence-electron chi connectivity index (χ1n) is 15.2. The lowest BCUT2D eigenvalue weighted by atomic mass is 10.1. The van der Waals surface area contributed by atoms with Crippen molar-refractivity contribution >= 4 is 41.5 Å². The van der Waals surface area contributed by atoms with Crippen LogP contribution in [0.5, 0.6) is 0 Å². The minimum Gasteiger partial charge on any atom is -0.399 e. The highest BCUT2D eigenvalue weighted by molar-refractivity contribution is 5.93. The van der Waals surface area contributed by atoms with E-state index in [4.69, 9.17) is 16.3 Å². The van der Waals surface area contributed by atoms with E-state index in [0.29, 0.717) is 61.6 Å². The van der Waals surface area contributed by atoms with Gasteiger partial charge >= 0.3 is 0 Å². The van der Waals surface area contributed by atoms with Crippen LogP contribution in [0.1, 0.15) is 66.4 Å². The fourth-order valence-electron chi connectivity index (χ4n) is 4.28. The first-order valence-corrected chi connectivity index (χ1v) is 15.2. The van der Waals surface area contributed by atoms with Gasteiger partial charge in [0.25, 0.3) is 0 Å². The number of nitrogens with zero attached hydrogens (tertiary/aromatic N) is 1. The molecule has 13 heteroatoms. The molecule has 0 heterocycles. The lowest BCUT2D eigenvalue weighted by Gasteiger charge is -2.19. The minimum absolute atomic E-state index is 0.152. The number of unbranched alkanes of at least 4 members (excludes halogenated alkanes) is 3. The minimum atomic E-state index is -0.207. The summed E-state index contributed by atoms with van der Waals surface area (Å²) in [7, 11) is 1.69. The monoisotopic (exact) mass is 624 g/mol. The molecular weight excluding hydrogens is 576 g/mol. The number of carbonyl (C=O) groups is 4. The molecule has 0 aliphatic carbocycles. The van der Waals surface area contributed by atoms with E-state index in [-0.39, 0.29) is 24.8 Å². The van der Waals surface area contributed by atoms with Crippen LogP contribution in [0, 0.1) is 0 Å². The number of nitrogens with one attached hydrogen (secondary N) is 5. The van der Waals surface area contributed by atoms with Crippen LogP contribution in [0.3, 0.4) is 0 Å². The summed E-state index contributed by atoms with van der Waals surface area (Å²) in [5, 5.41) is 10.8. The van der Waals surface area contributed by atoms with Crippen molar-refractivity contribution in [2.24, 2.45) is 5.84 Å². The Morgan fingerprint density at radius 2 is 1.67 bits per heavy atom. The molecule has 0 aliphatic heterocycles. The second-order valence-electron chi connectivity index (χ2n) is 10.5. The smallest absolute Gasteiger partial charge is 0.238 e. The molecule has 0 spiro atoms. The number of benzene rings is 2. The second kappa shape index (κ2) is 22.2. The normalized spacial score (nSPS) is 11.2. The van der Waals surface area contributed by atoms with Crippen LogP contribution in [0.15, 0.2) is 48.7 Å². The van der Waals surface area contributed by atoms with E-state index in [0.717, 1.165) is 56.1 Å². The number of aldehydes is 2. The summed E-state index contributed by atoms with van der Waals surface area (Å²) in [5.74, 6) is 5.21. The zero-order valence-electron chi connectivity index (χ0n) is 26.1. The van der Waals surface area contributed by atoms with Crippen molar-refractivity contribution in [2.45, 2.75) is 51.5 Å². The summed E-state index contributed by atoms with van der Waals surface area (Å²) in [6, 6.07) is 12.5. The highest BCUT2D eigenvalue weighted by Gasteiger charge is 2.11. The Morgan fingerprint density at radius 1 is 0.933 bits per heavy atom. The van der Waals surface area contributed by atoms with E-state index in [1.807, 2.05) is 30.5 Å². The zero-order chi connectivity index (χ0) is 32.7. The molecule has 0 saturated carbocycles. The predicted molar refractivity (Wildman–Crippen MR) is 176 cm³/mol. The number of ether oxygens (including phenoxy) is 1. The second-order valence-corrected chi connectivity index (χ2v) is 10.5. The predicted octanol–water partition coefficient (Wildman–Crippen LogP) is 2.07. The van der Waals surface area contributed by atoms with Gasteiger partial charge in [0.05, 0.1) is 12.2 Å². The van der Waals surface area contributed by atoms with Gasteiger partial charge in [-0.25, -0.2) is 5.01 Å². The molecule has 246 valence electrons. The number of nitrogen functional groups attached to an aromatic ring is 1. The molecule has 0 radical (unpaired) electrons. The molecule has 2 aromatic rings. The van der Waals surface area contributed by atoms with Gasteiger partial charge in [-0.2, -0.15) is 0 Å². The Morgan fingerprint density at radius 3 is 2.36 bits per heavy atom. The molecular formula is C32H48N8O5. The SMILES string of the molecule is CN(Cc1ccc(NC(=O)CNCCCCOCCCCN/C=C(\NN)c2ccc(N)cc2)cc1C=O)NC(=O)CCCC=O. The standard InChI is InChI=1S/C32H48N8O5/c1-40(39-31(43)8-2-5-17-41)23-26-11-14-29(20-27(26)24-42)37-32(44)22-36-16-4-7-19-45-18-6-3-15-35-21-30(38-34)25-9-12-28(33)13-10-25/h9-14,17,20-21,24,35-36,38H,2-8,15-16,18-19,22-23,33-34H2,1H3,(H,37,44)(H,39,43)/b30-21-. The largest absolute Gasteiger partial charge is 0.399 e. The number of hydrogen-bond donors (Lipinski definition) is 7. The van der Waals surface area contributed by atoms with Gasteiger partial charge in [-0.05, 0) is 68.5 Å². The van der Waals surface area contributed by atoms with Crippen LogP contribution in [-0.2, 0) is 25.7 Å². The molecule has 9 N–H and O–H groups in total. The molecule has 0 saturated heterocycles. The van der Waals surface area contributed by atoms with Crippen molar-refractivity contribution in [3.8, 4) is 0 Å². The van der Waals surface area contributed by atoms with Crippen LogP contribution in [0.25, 0.3) is 5.70 Å².